The summed E-state index contributed by atoms with van der Waals surface area (Å²) in [6, 6.07) is 0. The van der Waals surface area contributed by atoms with Crippen LogP contribution in [0, 0.1) is 10.8 Å². The van der Waals surface area contributed by atoms with Gasteiger partial charge in [0, 0.05) is 17.8 Å². The Labute approximate surface area is 135 Å². The number of carbonyl (C=O) groups excluding carboxylic acids is 1. The zero-order valence-electron chi connectivity index (χ0n) is 13.7. The monoisotopic (exact) mass is 324 g/mol. The van der Waals surface area contributed by atoms with Crippen molar-refractivity contribution in [2.24, 2.45) is 10.8 Å². The molecule has 23 heavy (non-hydrogen) atoms. The topological polar surface area (TPSA) is 88.5 Å². The van der Waals surface area contributed by atoms with E-state index in [2.05, 4.69) is 6.08 Å². The summed E-state index contributed by atoms with van der Waals surface area (Å²) in [4.78, 5) is 11.4. The van der Waals surface area contributed by atoms with Crippen molar-refractivity contribution in [2.45, 2.75) is 63.6 Å². The molecule has 0 radical (unpaired) electrons. The van der Waals surface area contributed by atoms with E-state index in [0.717, 1.165) is 12.8 Å². The lowest BCUT2D eigenvalue weighted by Gasteiger charge is -2.57. The molecule has 0 aromatic rings. The van der Waals surface area contributed by atoms with E-state index in [4.69, 9.17) is 14.2 Å². The van der Waals surface area contributed by atoms with Crippen LogP contribution >= 0.6 is 0 Å². The third-order valence-corrected chi connectivity index (χ3v) is 6.83. The molecule has 6 heteroatoms. The van der Waals surface area contributed by atoms with E-state index in [1.165, 1.54) is 12.5 Å². The van der Waals surface area contributed by atoms with E-state index in [0.29, 0.717) is 6.61 Å². The van der Waals surface area contributed by atoms with Crippen molar-refractivity contribution in [3.05, 3.63) is 11.6 Å². The Kier molecular flexibility index (Phi) is 3.09. The molecular weight excluding hydrogens is 300 g/mol. The van der Waals surface area contributed by atoms with E-state index in [1.807, 2.05) is 13.8 Å². The smallest absolute Gasteiger partial charge is 0.302 e. The molecule has 6 nitrogen and oxygen atoms in total. The molecule has 2 aliphatic heterocycles. The van der Waals surface area contributed by atoms with Gasteiger partial charge in [0.2, 0.25) is 0 Å². The highest BCUT2D eigenvalue weighted by atomic mass is 16.6. The minimum Gasteiger partial charge on any atom is -0.465 e. The van der Waals surface area contributed by atoms with Gasteiger partial charge in [0.05, 0.1) is 18.8 Å². The average Bonchev–Trinajstić information content (AvgIpc) is 3.28. The number of carbonyl (C=O) groups is 1. The van der Waals surface area contributed by atoms with Crippen LogP contribution in [0.2, 0.25) is 0 Å². The van der Waals surface area contributed by atoms with Crippen molar-refractivity contribution >= 4 is 5.97 Å². The van der Waals surface area contributed by atoms with Crippen LogP contribution in [0.5, 0.6) is 0 Å². The van der Waals surface area contributed by atoms with E-state index >= 15 is 0 Å². The maximum absolute atomic E-state index is 11.4. The molecule has 2 bridgehead atoms. The standard InChI is InChI=1S/C17H24O6/c1-9-4-5-16(7-21-10(2)18)11(6-9)23-14-12(19)13(20)15(16,3)17(14)8-22-17/h6,11-14,19-20H,4-5,7-8H2,1-3H3/t11-,12-,13-,14-,15-,16-,17?/m1/s1. The zero-order chi connectivity index (χ0) is 16.6. The lowest BCUT2D eigenvalue weighted by atomic mass is 9.51. The summed E-state index contributed by atoms with van der Waals surface area (Å²) in [6.45, 7) is 6.01. The minimum absolute atomic E-state index is 0.162. The Hall–Kier alpha value is -0.950. The Bertz CT molecular complexity index is 582. The van der Waals surface area contributed by atoms with Crippen molar-refractivity contribution in [3.8, 4) is 0 Å². The molecule has 1 saturated carbocycles. The van der Waals surface area contributed by atoms with Crippen molar-refractivity contribution in [2.75, 3.05) is 13.2 Å². The molecule has 0 aromatic carbocycles. The molecular formula is C17H24O6. The summed E-state index contributed by atoms with van der Waals surface area (Å²) in [5.41, 5.74) is -0.781. The maximum atomic E-state index is 11.4. The third-order valence-electron chi connectivity index (χ3n) is 6.83. The largest absolute Gasteiger partial charge is 0.465 e. The highest BCUT2D eigenvalue weighted by Crippen LogP contribution is 2.71. The molecule has 1 unspecified atom stereocenters. The molecule has 0 aromatic heterocycles. The van der Waals surface area contributed by atoms with Crippen LogP contribution in [0.25, 0.3) is 0 Å². The third kappa shape index (κ3) is 1.65. The van der Waals surface area contributed by atoms with Gasteiger partial charge in [-0.05, 0) is 19.8 Å². The zero-order valence-corrected chi connectivity index (χ0v) is 13.7. The fourth-order valence-electron chi connectivity index (χ4n) is 5.26. The summed E-state index contributed by atoms with van der Waals surface area (Å²) in [7, 11) is 0. The fraction of sp³-hybridized carbons (Fsp3) is 0.824. The number of fused-ring (bicyclic) bond motifs is 2. The van der Waals surface area contributed by atoms with Crippen LogP contribution in [0.3, 0.4) is 0 Å². The fourth-order valence-corrected chi connectivity index (χ4v) is 5.26. The number of hydrogen-bond donors (Lipinski definition) is 2. The predicted molar refractivity (Wildman–Crippen MR) is 79.5 cm³/mol. The first-order valence-corrected chi connectivity index (χ1v) is 8.25. The van der Waals surface area contributed by atoms with Gasteiger partial charge in [-0.1, -0.05) is 18.6 Å². The van der Waals surface area contributed by atoms with Gasteiger partial charge >= 0.3 is 5.97 Å². The number of hydrogen-bond acceptors (Lipinski definition) is 6. The molecule has 4 rings (SSSR count). The van der Waals surface area contributed by atoms with E-state index in [-0.39, 0.29) is 18.7 Å². The first-order valence-electron chi connectivity index (χ1n) is 8.25. The number of epoxide rings is 1. The molecule has 3 fully saturated rings. The van der Waals surface area contributed by atoms with Gasteiger partial charge in [-0.3, -0.25) is 4.79 Å². The van der Waals surface area contributed by atoms with Gasteiger partial charge in [0.25, 0.3) is 0 Å². The number of ether oxygens (including phenoxy) is 3. The summed E-state index contributed by atoms with van der Waals surface area (Å²) in [6.07, 6.45) is 0.829. The number of rotatable bonds is 2. The molecule has 2 heterocycles. The Morgan fingerprint density at radius 2 is 2.17 bits per heavy atom. The van der Waals surface area contributed by atoms with E-state index < -0.39 is 34.7 Å². The van der Waals surface area contributed by atoms with Crippen molar-refractivity contribution in [1.82, 2.24) is 0 Å². The summed E-state index contributed by atoms with van der Waals surface area (Å²) < 4.78 is 17.4. The summed E-state index contributed by atoms with van der Waals surface area (Å²) in [5.74, 6) is -0.353. The lowest BCUT2D eigenvalue weighted by Crippen LogP contribution is -2.66. The second-order valence-electron chi connectivity index (χ2n) is 7.74. The summed E-state index contributed by atoms with van der Waals surface area (Å²) in [5, 5.41) is 21.4. The van der Waals surface area contributed by atoms with Gasteiger partial charge < -0.3 is 24.4 Å². The molecule has 2 N–H and O–H groups in total. The van der Waals surface area contributed by atoms with Gasteiger partial charge in [-0.25, -0.2) is 0 Å². The quantitative estimate of drug-likeness (QED) is 0.438. The van der Waals surface area contributed by atoms with E-state index in [9.17, 15) is 15.0 Å². The van der Waals surface area contributed by atoms with Crippen molar-refractivity contribution in [1.29, 1.82) is 0 Å². The highest BCUT2D eigenvalue weighted by molar-refractivity contribution is 5.66. The molecule has 0 amide bonds. The molecule has 128 valence electrons. The van der Waals surface area contributed by atoms with Crippen LogP contribution in [-0.2, 0) is 19.0 Å². The Morgan fingerprint density at radius 1 is 1.48 bits per heavy atom. The van der Waals surface area contributed by atoms with Crippen LogP contribution < -0.4 is 0 Å². The molecule has 7 atom stereocenters. The predicted octanol–water partition coefficient (Wildman–Crippen LogP) is 0.554. The van der Waals surface area contributed by atoms with Crippen LogP contribution in [0.4, 0.5) is 0 Å². The minimum atomic E-state index is -0.990. The second-order valence-corrected chi connectivity index (χ2v) is 7.74. The Balaban J connectivity index is 1.85. The lowest BCUT2D eigenvalue weighted by molar-refractivity contribution is -0.230. The highest BCUT2D eigenvalue weighted by Gasteiger charge is 2.84. The van der Waals surface area contributed by atoms with E-state index in [1.54, 1.807) is 0 Å². The average molecular weight is 324 g/mol. The first kappa shape index (κ1) is 15.6. The summed E-state index contributed by atoms with van der Waals surface area (Å²) >= 11 is 0. The number of aliphatic hydroxyl groups excluding tert-OH is 2. The van der Waals surface area contributed by atoms with Gasteiger partial charge in [0.15, 0.2) is 0 Å². The second kappa shape index (κ2) is 4.57. The Morgan fingerprint density at radius 3 is 2.78 bits per heavy atom. The molecule has 4 aliphatic rings. The normalized spacial score (nSPS) is 53.7. The maximum Gasteiger partial charge on any atom is 0.302 e. The van der Waals surface area contributed by atoms with Gasteiger partial charge in [-0.2, -0.15) is 0 Å². The number of aliphatic hydroxyl groups is 2. The molecule has 2 saturated heterocycles. The van der Waals surface area contributed by atoms with Gasteiger partial charge in [0.1, 0.15) is 24.4 Å². The van der Waals surface area contributed by atoms with Crippen molar-refractivity contribution < 1.29 is 29.2 Å². The van der Waals surface area contributed by atoms with Crippen LogP contribution in [-0.4, -0.2) is 59.4 Å². The SMILES string of the molecule is CC(=O)OC[C@]12CCC(C)=C[C@H]1O[C@@H]1[C@H](O)[C@@H](O)[C@@]2(C)C12CO2. The van der Waals surface area contributed by atoms with Crippen molar-refractivity contribution in [3.63, 3.8) is 0 Å². The number of allylic oxidation sites excluding steroid dienone is 1. The molecule has 2 aliphatic carbocycles. The first-order chi connectivity index (χ1) is 10.8. The molecule has 1 spiro atoms. The van der Waals surface area contributed by atoms with Gasteiger partial charge in [-0.15, -0.1) is 0 Å². The number of esters is 1. The van der Waals surface area contributed by atoms with Crippen LogP contribution in [0.1, 0.15) is 33.6 Å². The van der Waals surface area contributed by atoms with Crippen LogP contribution in [0.15, 0.2) is 11.6 Å².